The van der Waals surface area contributed by atoms with Gasteiger partial charge in [0.05, 0.1) is 4.47 Å². The number of imide groups is 2. The highest BCUT2D eigenvalue weighted by molar-refractivity contribution is 9.10. The fourth-order valence-electron chi connectivity index (χ4n) is 3.83. The second-order valence-corrected chi connectivity index (χ2v) is 8.76. The van der Waals surface area contributed by atoms with Crippen molar-refractivity contribution in [3.63, 3.8) is 0 Å². The third-order valence-electron chi connectivity index (χ3n) is 5.43. The predicted molar refractivity (Wildman–Crippen MR) is 121 cm³/mol. The number of carbonyl (C=O) groups is 3. The van der Waals surface area contributed by atoms with Gasteiger partial charge < -0.3 is 4.74 Å². The van der Waals surface area contributed by atoms with Crippen molar-refractivity contribution in [2.45, 2.75) is 38.3 Å². The van der Waals surface area contributed by atoms with Crippen molar-refractivity contribution >= 4 is 51.5 Å². The molecular weight excluding hydrogens is 484 g/mol. The molecule has 2 fully saturated rings. The van der Waals surface area contributed by atoms with Gasteiger partial charge in [0.1, 0.15) is 17.9 Å². The molecule has 1 aliphatic heterocycles. The van der Waals surface area contributed by atoms with Gasteiger partial charge in [-0.2, -0.15) is 0 Å². The first kappa shape index (κ1) is 21.6. The summed E-state index contributed by atoms with van der Waals surface area (Å²) in [6.07, 6.45) is 4.97. The molecule has 1 saturated carbocycles. The number of amides is 4. The SMILES string of the molecule is O=C1NC(=O)N(C2CCCC2)C(=O)/C1=C/c1ccc(OCc2ccccc2Cl)c(Br)c1. The van der Waals surface area contributed by atoms with Crippen molar-refractivity contribution in [2.24, 2.45) is 0 Å². The van der Waals surface area contributed by atoms with E-state index in [1.54, 1.807) is 24.3 Å². The number of nitrogens with zero attached hydrogens (tertiary/aromatic N) is 1. The average molecular weight is 504 g/mol. The van der Waals surface area contributed by atoms with Crippen LogP contribution in [0.25, 0.3) is 6.08 Å². The van der Waals surface area contributed by atoms with Crippen molar-refractivity contribution in [1.82, 2.24) is 10.2 Å². The Morgan fingerprint density at radius 1 is 1.13 bits per heavy atom. The van der Waals surface area contributed by atoms with Crippen LogP contribution in [-0.2, 0) is 16.2 Å². The molecular formula is C23H20BrClN2O4. The topological polar surface area (TPSA) is 75.7 Å². The van der Waals surface area contributed by atoms with Crippen molar-refractivity contribution < 1.29 is 19.1 Å². The average Bonchev–Trinajstić information content (AvgIpc) is 3.26. The first-order valence-corrected chi connectivity index (χ1v) is 11.2. The summed E-state index contributed by atoms with van der Waals surface area (Å²) in [6.45, 7) is 0.304. The van der Waals surface area contributed by atoms with E-state index in [9.17, 15) is 14.4 Å². The summed E-state index contributed by atoms with van der Waals surface area (Å²) in [5, 5.41) is 2.91. The first-order valence-electron chi connectivity index (χ1n) is 10.0. The molecule has 0 atom stereocenters. The molecule has 160 valence electrons. The van der Waals surface area contributed by atoms with Crippen molar-refractivity contribution in [2.75, 3.05) is 0 Å². The molecule has 4 amide bonds. The summed E-state index contributed by atoms with van der Waals surface area (Å²) in [4.78, 5) is 38.6. The van der Waals surface area contributed by atoms with Crippen LogP contribution in [0, 0.1) is 0 Å². The molecule has 0 bridgehead atoms. The highest BCUT2D eigenvalue weighted by Crippen LogP contribution is 2.30. The number of urea groups is 1. The Kier molecular flexibility index (Phi) is 6.43. The summed E-state index contributed by atoms with van der Waals surface area (Å²) in [5.41, 5.74) is 1.45. The number of ether oxygens (including phenoxy) is 1. The van der Waals surface area contributed by atoms with Crippen LogP contribution in [0.3, 0.4) is 0 Å². The minimum Gasteiger partial charge on any atom is -0.488 e. The Balaban J connectivity index is 1.53. The summed E-state index contributed by atoms with van der Waals surface area (Å²) in [5.74, 6) is -0.625. The molecule has 8 heteroatoms. The maximum atomic E-state index is 12.9. The third kappa shape index (κ3) is 4.67. The largest absolute Gasteiger partial charge is 0.488 e. The number of nitrogens with one attached hydrogen (secondary N) is 1. The molecule has 0 spiro atoms. The van der Waals surface area contributed by atoms with Crippen LogP contribution in [0.4, 0.5) is 4.79 Å². The predicted octanol–water partition coefficient (Wildman–Crippen LogP) is 5.09. The number of benzene rings is 2. The van der Waals surface area contributed by atoms with Gasteiger partial charge in [0.2, 0.25) is 0 Å². The van der Waals surface area contributed by atoms with Crippen molar-refractivity contribution in [3.8, 4) is 5.75 Å². The fourth-order valence-corrected chi connectivity index (χ4v) is 4.53. The van der Waals surface area contributed by atoms with Crippen LogP contribution in [-0.4, -0.2) is 28.8 Å². The van der Waals surface area contributed by atoms with E-state index in [0.717, 1.165) is 31.2 Å². The molecule has 4 rings (SSSR count). The molecule has 2 aliphatic rings. The zero-order chi connectivity index (χ0) is 22.0. The highest BCUT2D eigenvalue weighted by Gasteiger charge is 2.40. The van der Waals surface area contributed by atoms with E-state index in [4.69, 9.17) is 16.3 Å². The molecule has 2 aromatic rings. The smallest absolute Gasteiger partial charge is 0.331 e. The number of halogens is 2. The summed E-state index contributed by atoms with van der Waals surface area (Å²) < 4.78 is 6.51. The Morgan fingerprint density at radius 3 is 2.58 bits per heavy atom. The normalized spacial score (nSPS) is 18.6. The molecule has 1 N–H and O–H groups in total. The van der Waals surface area contributed by atoms with Gasteiger partial charge in [-0.25, -0.2) is 4.79 Å². The van der Waals surface area contributed by atoms with Crippen LogP contribution in [0.1, 0.15) is 36.8 Å². The lowest BCUT2D eigenvalue weighted by atomic mass is 10.1. The van der Waals surface area contributed by atoms with E-state index in [1.165, 1.54) is 11.0 Å². The van der Waals surface area contributed by atoms with E-state index in [2.05, 4.69) is 21.2 Å². The Labute approximate surface area is 193 Å². The zero-order valence-electron chi connectivity index (χ0n) is 16.6. The van der Waals surface area contributed by atoms with Crippen LogP contribution in [0.2, 0.25) is 5.02 Å². The summed E-state index contributed by atoms with van der Waals surface area (Å²) in [7, 11) is 0. The quantitative estimate of drug-likeness (QED) is 0.456. The van der Waals surface area contributed by atoms with Crippen molar-refractivity contribution in [3.05, 3.63) is 68.7 Å². The van der Waals surface area contributed by atoms with Gasteiger partial charge in [-0.1, -0.05) is 48.7 Å². The molecule has 1 aliphatic carbocycles. The van der Waals surface area contributed by atoms with E-state index >= 15 is 0 Å². The fraction of sp³-hybridized carbons (Fsp3) is 0.261. The van der Waals surface area contributed by atoms with Crippen LogP contribution >= 0.6 is 27.5 Å². The maximum absolute atomic E-state index is 12.9. The lowest BCUT2D eigenvalue weighted by Crippen LogP contribution is -2.57. The van der Waals surface area contributed by atoms with Gasteiger partial charge in [0.15, 0.2) is 0 Å². The maximum Gasteiger partial charge on any atom is 0.331 e. The Hall–Kier alpha value is -2.64. The van der Waals surface area contributed by atoms with Gasteiger partial charge in [-0.05, 0) is 58.6 Å². The molecule has 1 saturated heterocycles. The molecule has 0 radical (unpaired) electrons. The number of rotatable bonds is 5. The van der Waals surface area contributed by atoms with Crippen LogP contribution in [0.15, 0.2) is 52.5 Å². The van der Waals surface area contributed by atoms with Crippen LogP contribution < -0.4 is 10.1 Å². The van der Waals surface area contributed by atoms with E-state index in [-0.39, 0.29) is 11.6 Å². The van der Waals surface area contributed by atoms with E-state index in [1.807, 2.05) is 18.2 Å². The molecule has 1 heterocycles. The van der Waals surface area contributed by atoms with Crippen LogP contribution in [0.5, 0.6) is 5.75 Å². The molecule has 31 heavy (non-hydrogen) atoms. The zero-order valence-corrected chi connectivity index (χ0v) is 18.9. The lowest BCUT2D eigenvalue weighted by molar-refractivity contribution is -0.131. The molecule has 0 aromatic heterocycles. The Morgan fingerprint density at radius 2 is 1.87 bits per heavy atom. The molecule has 2 aromatic carbocycles. The number of carbonyl (C=O) groups excluding carboxylic acids is 3. The number of hydrogen-bond donors (Lipinski definition) is 1. The number of barbiturate groups is 1. The minimum absolute atomic E-state index is 0.0527. The van der Waals surface area contributed by atoms with E-state index in [0.29, 0.717) is 27.4 Å². The summed E-state index contributed by atoms with van der Waals surface area (Å²) >= 11 is 9.64. The Bertz CT molecular complexity index is 1080. The van der Waals surface area contributed by atoms with Gasteiger partial charge in [0.25, 0.3) is 11.8 Å². The molecule has 0 unspecified atom stereocenters. The third-order valence-corrected chi connectivity index (χ3v) is 6.42. The monoisotopic (exact) mass is 502 g/mol. The van der Waals surface area contributed by atoms with E-state index < -0.39 is 17.8 Å². The lowest BCUT2D eigenvalue weighted by Gasteiger charge is -2.31. The second-order valence-electron chi connectivity index (χ2n) is 7.50. The van der Waals surface area contributed by atoms with Gasteiger partial charge in [0, 0.05) is 16.6 Å². The standard InChI is InChI=1S/C23H20BrClN2O4/c24-18-12-14(9-10-20(18)31-13-15-5-1-4-8-19(15)25)11-17-21(28)26-23(30)27(22(17)29)16-6-2-3-7-16/h1,4-5,8-12,16H,2-3,6-7,13H2,(H,26,28,30)/b17-11+. The van der Waals surface area contributed by atoms with Gasteiger partial charge in [-0.3, -0.25) is 19.8 Å². The molecule has 6 nitrogen and oxygen atoms in total. The number of hydrogen-bond acceptors (Lipinski definition) is 4. The first-order chi connectivity index (χ1) is 14.9. The second kappa shape index (κ2) is 9.24. The van der Waals surface area contributed by atoms with Crippen molar-refractivity contribution in [1.29, 1.82) is 0 Å². The highest BCUT2D eigenvalue weighted by atomic mass is 79.9. The van der Waals surface area contributed by atoms with Gasteiger partial charge >= 0.3 is 6.03 Å². The van der Waals surface area contributed by atoms with Gasteiger partial charge in [-0.15, -0.1) is 0 Å². The summed E-state index contributed by atoms with van der Waals surface area (Å²) in [6, 6.07) is 11.9. The minimum atomic E-state index is -0.681.